The fraction of sp³-hybridized carbons (Fsp3) is 0.286. The molecule has 0 spiro atoms. The van der Waals surface area contributed by atoms with Gasteiger partial charge < -0.3 is 14.1 Å². The number of benzene rings is 8. The maximum absolute atomic E-state index is 7.82. The maximum Gasteiger partial charge on any atom is 0.375 e. The molecular formula is C70H69BN2O. The molecule has 0 atom stereocenters. The zero-order chi connectivity index (χ0) is 51.3. The molecule has 0 unspecified atom stereocenters. The van der Waals surface area contributed by atoms with E-state index in [1.807, 2.05) is 0 Å². The van der Waals surface area contributed by atoms with Crippen molar-refractivity contribution in [1.29, 1.82) is 0 Å². The van der Waals surface area contributed by atoms with Gasteiger partial charge in [-0.05, 0) is 180 Å². The Balaban J connectivity index is 1.20. The van der Waals surface area contributed by atoms with Crippen LogP contribution in [0.3, 0.4) is 0 Å². The number of nitrogens with zero attached hydrogens (tertiary/aromatic N) is 2. The van der Waals surface area contributed by atoms with Crippen LogP contribution in [0.2, 0.25) is 0 Å². The number of furan rings is 1. The standard InChI is InChI=1S/C70H69BN2O/c1-66(2,3)49-28-32-59(51(40-49)46-25-19-14-20-26-46)72-61-39-48(45-23-17-13-18-24-45)38-53-52-37-47(44-21-15-12-16-22-44)27-31-60(52)73(50-29-30-55-56(41-50)68(6,7)34-33-67(55,4)5)71(63(53)61)65-64(72)54-42-57-58(43-62(54)74-65)70(10,11)36-35-69(57,8)9/h12-32,37-43H,33-36H2,1-11H3. The minimum Gasteiger partial charge on any atom is -0.466 e. The van der Waals surface area contributed by atoms with Crippen LogP contribution in [0.15, 0.2) is 174 Å². The number of anilines is 5. The van der Waals surface area contributed by atoms with Crippen LogP contribution in [0.5, 0.6) is 0 Å². The van der Waals surface area contributed by atoms with E-state index in [0.29, 0.717) is 0 Å². The first-order valence-corrected chi connectivity index (χ1v) is 27.3. The second-order valence-electron chi connectivity index (χ2n) is 25.9. The third-order valence-electron chi connectivity index (χ3n) is 18.1. The van der Waals surface area contributed by atoms with E-state index in [1.54, 1.807) is 0 Å². The minimum absolute atomic E-state index is 0.00595. The molecule has 8 aromatic carbocycles. The van der Waals surface area contributed by atoms with Gasteiger partial charge in [-0.25, -0.2) is 0 Å². The predicted octanol–water partition coefficient (Wildman–Crippen LogP) is 18.1. The summed E-state index contributed by atoms with van der Waals surface area (Å²) in [6, 6.07) is 64.9. The largest absolute Gasteiger partial charge is 0.466 e. The molecular weight excluding hydrogens is 896 g/mol. The molecule has 0 fully saturated rings. The zero-order valence-corrected chi connectivity index (χ0v) is 45.4. The van der Waals surface area contributed by atoms with Gasteiger partial charge in [-0.15, -0.1) is 0 Å². The lowest BCUT2D eigenvalue weighted by Crippen LogP contribution is -2.61. The van der Waals surface area contributed by atoms with Gasteiger partial charge in [0.15, 0.2) is 0 Å². The lowest BCUT2D eigenvalue weighted by molar-refractivity contribution is 0.332. The molecule has 4 heteroatoms. The van der Waals surface area contributed by atoms with Crippen molar-refractivity contribution in [2.45, 2.75) is 129 Å². The molecule has 9 aromatic rings. The molecule has 13 rings (SSSR count). The van der Waals surface area contributed by atoms with Gasteiger partial charge in [-0.1, -0.05) is 185 Å². The summed E-state index contributed by atoms with van der Waals surface area (Å²) in [6.07, 6.45) is 4.57. The average molecular weight is 965 g/mol. The monoisotopic (exact) mass is 965 g/mol. The summed E-state index contributed by atoms with van der Waals surface area (Å²) in [5.74, 6) is 0. The first-order chi connectivity index (χ1) is 35.3. The van der Waals surface area contributed by atoms with Crippen molar-refractivity contribution >= 4 is 57.4 Å². The van der Waals surface area contributed by atoms with Crippen molar-refractivity contribution < 1.29 is 4.42 Å². The SMILES string of the molecule is CC(C)(C)c1ccc(N2c3cc(-c4ccccc4)cc4c3B(c3oc5cc6c(cc5c32)C(C)(C)CCC6(C)C)N(c2ccc3c(c2)C(C)(C)CCC3(C)C)c2ccc(-c3ccccc3)cc2-4)c(-c2ccccc2)c1. The highest BCUT2D eigenvalue weighted by atomic mass is 16.3. The Morgan fingerprint density at radius 3 is 1.59 bits per heavy atom. The van der Waals surface area contributed by atoms with Gasteiger partial charge in [0, 0.05) is 33.6 Å². The van der Waals surface area contributed by atoms with E-state index in [1.165, 1.54) is 107 Å². The first kappa shape index (κ1) is 46.7. The van der Waals surface area contributed by atoms with Crippen LogP contribution in [0, 0.1) is 0 Å². The van der Waals surface area contributed by atoms with Gasteiger partial charge in [0.05, 0.1) is 11.4 Å². The maximum atomic E-state index is 7.82. The number of fused-ring (bicyclic) bond motifs is 8. The molecule has 0 saturated heterocycles. The molecule has 3 heterocycles. The minimum atomic E-state index is -0.289. The fourth-order valence-corrected chi connectivity index (χ4v) is 13.4. The van der Waals surface area contributed by atoms with Gasteiger partial charge in [0.2, 0.25) is 0 Å². The van der Waals surface area contributed by atoms with Crippen LogP contribution in [0.25, 0.3) is 55.5 Å². The van der Waals surface area contributed by atoms with Crippen LogP contribution in [0.1, 0.15) is 130 Å². The van der Waals surface area contributed by atoms with E-state index >= 15 is 0 Å². The molecule has 0 saturated carbocycles. The van der Waals surface area contributed by atoms with E-state index in [4.69, 9.17) is 4.42 Å². The summed E-state index contributed by atoms with van der Waals surface area (Å²) in [4.78, 5) is 5.30. The van der Waals surface area contributed by atoms with E-state index < -0.39 is 0 Å². The van der Waals surface area contributed by atoms with Crippen molar-refractivity contribution in [2.75, 3.05) is 9.71 Å². The van der Waals surface area contributed by atoms with Gasteiger partial charge in [-0.3, -0.25) is 0 Å². The summed E-state index contributed by atoms with van der Waals surface area (Å²) in [5, 5.41) is 1.17. The van der Waals surface area contributed by atoms with Crippen molar-refractivity contribution in [3.8, 4) is 44.5 Å². The number of rotatable bonds is 5. The van der Waals surface area contributed by atoms with Crippen LogP contribution >= 0.6 is 0 Å². The summed E-state index contributed by atoms with van der Waals surface area (Å²) in [7, 11) is 0. The zero-order valence-electron chi connectivity index (χ0n) is 45.4. The van der Waals surface area contributed by atoms with Gasteiger partial charge in [0.1, 0.15) is 11.2 Å². The van der Waals surface area contributed by atoms with Gasteiger partial charge in [0.25, 0.3) is 0 Å². The molecule has 0 N–H and O–H groups in total. The summed E-state index contributed by atoms with van der Waals surface area (Å²) in [6.45, 7) is 26.2. The summed E-state index contributed by atoms with van der Waals surface area (Å²) >= 11 is 0. The number of hydrogen-bond acceptors (Lipinski definition) is 3. The average Bonchev–Trinajstić information content (AvgIpc) is 3.81. The highest BCUT2D eigenvalue weighted by Gasteiger charge is 2.50. The van der Waals surface area contributed by atoms with E-state index in [9.17, 15) is 0 Å². The molecule has 3 nitrogen and oxygen atoms in total. The Bertz CT molecular complexity index is 3720. The van der Waals surface area contributed by atoms with Crippen LogP contribution in [-0.4, -0.2) is 6.85 Å². The van der Waals surface area contributed by atoms with Crippen molar-refractivity contribution in [3.05, 3.63) is 198 Å². The van der Waals surface area contributed by atoms with Crippen molar-refractivity contribution in [3.63, 3.8) is 0 Å². The molecule has 1 aromatic heterocycles. The van der Waals surface area contributed by atoms with Crippen LogP contribution < -0.4 is 20.8 Å². The normalized spacial score (nSPS) is 17.5. The summed E-state index contributed by atoms with van der Waals surface area (Å²) < 4.78 is 7.82. The molecule has 368 valence electrons. The third-order valence-corrected chi connectivity index (χ3v) is 18.1. The Morgan fingerprint density at radius 1 is 0.432 bits per heavy atom. The molecule has 2 aliphatic carbocycles. The van der Waals surface area contributed by atoms with Crippen LogP contribution in [-0.2, 0) is 27.1 Å². The lowest BCUT2D eigenvalue weighted by atomic mass is 9.45. The van der Waals surface area contributed by atoms with E-state index in [2.05, 4.69) is 256 Å². The van der Waals surface area contributed by atoms with Gasteiger partial charge >= 0.3 is 6.85 Å². The van der Waals surface area contributed by atoms with E-state index in [0.717, 1.165) is 41.9 Å². The lowest BCUT2D eigenvalue weighted by Gasteiger charge is -2.46. The Kier molecular flexibility index (Phi) is 10.3. The van der Waals surface area contributed by atoms with Crippen LogP contribution in [0.4, 0.5) is 28.4 Å². The number of hydrogen-bond donors (Lipinski definition) is 0. The molecule has 0 bridgehead atoms. The third kappa shape index (κ3) is 7.21. The smallest absolute Gasteiger partial charge is 0.375 e. The molecule has 4 aliphatic rings. The van der Waals surface area contributed by atoms with E-state index in [-0.39, 0.29) is 33.9 Å². The predicted molar refractivity (Wildman–Crippen MR) is 316 cm³/mol. The Labute approximate surface area is 440 Å². The fourth-order valence-electron chi connectivity index (χ4n) is 13.4. The summed E-state index contributed by atoms with van der Waals surface area (Å²) in [5.41, 5.74) is 25.8. The molecule has 0 radical (unpaired) electrons. The first-order valence-electron chi connectivity index (χ1n) is 27.3. The second-order valence-corrected chi connectivity index (χ2v) is 25.9. The molecule has 0 amide bonds. The molecule has 74 heavy (non-hydrogen) atoms. The highest BCUT2D eigenvalue weighted by molar-refractivity contribution is 6.93. The highest BCUT2D eigenvalue weighted by Crippen LogP contribution is 2.56. The Hall–Kier alpha value is -7.04. The van der Waals surface area contributed by atoms with Crippen molar-refractivity contribution in [2.24, 2.45) is 0 Å². The second kappa shape index (κ2) is 16.2. The van der Waals surface area contributed by atoms with Crippen molar-refractivity contribution in [1.82, 2.24) is 0 Å². The van der Waals surface area contributed by atoms with Gasteiger partial charge in [-0.2, -0.15) is 0 Å². The topological polar surface area (TPSA) is 19.6 Å². The molecule has 2 aliphatic heterocycles. The quantitative estimate of drug-likeness (QED) is 0.160. The Morgan fingerprint density at radius 2 is 0.973 bits per heavy atom.